The van der Waals surface area contributed by atoms with Gasteiger partial charge in [-0.05, 0) is 18.9 Å². The van der Waals surface area contributed by atoms with Gasteiger partial charge < -0.3 is 15.2 Å². The Morgan fingerprint density at radius 2 is 2.10 bits per heavy atom. The van der Waals surface area contributed by atoms with Gasteiger partial charge >= 0.3 is 0 Å². The Hall–Kier alpha value is -2.24. The summed E-state index contributed by atoms with van der Waals surface area (Å²) in [6.45, 7) is 6.59. The standard InChI is InChI=1S/C14H20N4O2/c1-9(2)8-19-14-11(15)5-6-12(16-14)20-13-7-10(3)17-18(13)4/h5-7,9H,8,15H2,1-4H3. The quantitative estimate of drug-likeness (QED) is 0.908. The van der Waals surface area contributed by atoms with Crippen molar-refractivity contribution in [2.24, 2.45) is 13.0 Å². The first-order valence-electron chi connectivity index (χ1n) is 6.53. The van der Waals surface area contributed by atoms with Gasteiger partial charge in [-0.3, -0.25) is 0 Å². The molecule has 6 heteroatoms. The Kier molecular flexibility index (Phi) is 4.12. The molecule has 0 unspecified atom stereocenters. The van der Waals surface area contributed by atoms with Gasteiger partial charge in [0.1, 0.15) is 0 Å². The van der Waals surface area contributed by atoms with Gasteiger partial charge in [0, 0.05) is 19.2 Å². The first-order chi connectivity index (χ1) is 9.45. The highest BCUT2D eigenvalue weighted by atomic mass is 16.5. The Labute approximate surface area is 118 Å². The number of aryl methyl sites for hydroxylation is 2. The molecule has 0 saturated carbocycles. The van der Waals surface area contributed by atoms with Crippen molar-refractivity contribution in [3.05, 3.63) is 23.9 Å². The van der Waals surface area contributed by atoms with Crippen LogP contribution in [0.2, 0.25) is 0 Å². The summed E-state index contributed by atoms with van der Waals surface area (Å²) in [5, 5.41) is 4.21. The number of anilines is 1. The Morgan fingerprint density at radius 3 is 2.70 bits per heavy atom. The molecule has 0 spiro atoms. The van der Waals surface area contributed by atoms with E-state index in [2.05, 4.69) is 23.9 Å². The Morgan fingerprint density at radius 1 is 1.35 bits per heavy atom. The number of nitrogen functional groups attached to an aromatic ring is 1. The lowest BCUT2D eigenvalue weighted by Crippen LogP contribution is -2.08. The molecule has 2 aromatic heterocycles. The summed E-state index contributed by atoms with van der Waals surface area (Å²) in [6.07, 6.45) is 0. The number of hydrogen-bond acceptors (Lipinski definition) is 5. The van der Waals surface area contributed by atoms with Crippen LogP contribution in [0.5, 0.6) is 17.6 Å². The van der Waals surface area contributed by atoms with Crippen LogP contribution in [0, 0.1) is 12.8 Å². The second-order valence-electron chi connectivity index (χ2n) is 5.10. The van der Waals surface area contributed by atoms with Crippen molar-refractivity contribution >= 4 is 5.69 Å². The Balaban J connectivity index is 2.16. The van der Waals surface area contributed by atoms with Crippen molar-refractivity contribution in [3.63, 3.8) is 0 Å². The van der Waals surface area contributed by atoms with E-state index >= 15 is 0 Å². The molecular formula is C14H20N4O2. The fourth-order valence-electron chi connectivity index (χ4n) is 1.64. The zero-order valence-corrected chi connectivity index (χ0v) is 12.3. The second-order valence-corrected chi connectivity index (χ2v) is 5.10. The molecule has 0 fully saturated rings. The maximum absolute atomic E-state index is 5.84. The molecule has 0 radical (unpaired) electrons. The first-order valence-corrected chi connectivity index (χ1v) is 6.53. The van der Waals surface area contributed by atoms with E-state index < -0.39 is 0 Å². The molecule has 108 valence electrons. The lowest BCUT2D eigenvalue weighted by atomic mass is 10.2. The number of pyridine rings is 1. The number of aromatic nitrogens is 3. The maximum Gasteiger partial charge on any atom is 0.240 e. The van der Waals surface area contributed by atoms with E-state index in [9.17, 15) is 0 Å². The van der Waals surface area contributed by atoms with Gasteiger partial charge in [0.15, 0.2) is 0 Å². The summed E-state index contributed by atoms with van der Waals surface area (Å²) < 4.78 is 12.9. The molecule has 0 saturated heterocycles. The number of nitrogens with two attached hydrogens (primary N) is 1. The van der Waals surface area contributed by atoms with Crippen molar-refractivity contribution in [3.8, 4) is 17.6 Å². The summed E-state index contributed by atoms with van der Waals surface area (Å²) >= 11 is 0. The molecule has 2 aromatic rings. The molecule has 0 aliphatic carbocycles. The molecule has 6 nitrogen and oxygen atoms in total. The molecule has 0 aliphatic heterocycles. The van der Waals surface area contributed by atoms with Gasteiger partial charge in [-0.25, -0.2) is 4.68 Å². The predicted octanol–water partition coefficient (Wildman–Crippen LogP) is 2.53. The van der Waals surface area contributed by atoms with E-state index in [1.54, 1.807) is 16.8 Å². The normalized spacial score (nSPS) is 10.8. The van der Waals surface area contributed by atoms with Crippen molar-refractivity contribution in [1.82, 2.24) is 14.8 Å². The van der Waals surface area contributed by atoms with Crippen LogP contribution in [0.25, 0.3) is 0 Å². The molecule has 2 heterocycles. The fourth-order valence-corrected chi connectivity index (χ4v) is 1.64. The van der Waals surface area contributed by atoms with Crippen LogP contribution >= 0.6 is 0 Å². The van der Waals surface area contributed by atoms with Crippen LogP contribution < -0.4 is 15.2 Å². The minimum Gasteiger partial charge on any atom is -0.476 e. The third kappa shape index (κ3) is 3.40. The fraction of sp³-hybridized carbons (Fsp3) is 0.429. The van der Waals surface area contributed by atoms with Crippen molar-refractivity contribution in [2.45, 2.75) is 20.8 Å². The van der Waals surface area contributed by atoms with E-state index in [-0.39, 0.29) is 0 Å². The second kappa shape index (κ2) is 5.81. The maximum atomic E-state index is 5.84. The van der Waals surface area contributed by atoms with E-state index in [0.29, 0.717) is 35.9 Å². The SMILES string of the molecule is Cc1cc(Oc2ccc(N)c(OCC(C)C)n2)n(C)n1. The van der Waals surface area contributed by atoms with Crippen molar-refractivity contribution < 1.29 is 9.47 Å². The van der Waals surface area contributed by atoms with Gasteiger partial charge in [0.2, 0.25) is 17.6 Å². The molecule has 20 heavy (non-hydrogen) atoms. The van der Waals surface area contributed by atoms with E-state index in [1.165, 1.54) is 0 Å². The van der Waals surface area contributed by atoms with E-state index in [0.717, 1.165) is 5.69 Å². The van der Waals surface area contributed by atoms with Crippen molar-refractivity contribution in [2.75, 3.05) is 12.3 Å². The number of hydrogen-bond donors (Lipinski definition) is 1. The minimum absolute atomic E-state index is 0.398. The van der Waals surface area contributed by atoms with Gasteiger partial charge in [-0.15, -0.1) is 0 Å². The Bertz CT molecular complexity index is 593. The van der Waals surface area contributed by atoms with Gasteiger partial charge in [-0.2, -0.15) is 10.1 Å². The average molecular weight is 276 g/mol. The summed E-state index contributed by atoms with van der Waals surface area (Å²) in [5.41, 5.74) is 7.23. The lowest BCUT2D eigenvalue weighted by molar-refractivity contribution is 0.259. The average Bonchev–Trinajstić information content (AvgIpc) is 2.68. The zero-order valence-electron chi connectivity index (χ0n) is 12.3. The van der Waals surface area contributed by atoms with Crippen molar-refractivity contribution in [1.29, 1.82) is 0 Å². The predicted molar refractivity (Wildman–Crippen MR) is 77.0 cm³/mol. The third-order valence-corrected chi connectivity index (χ3v) is 2.59. The molecule has 0 atom stereocenters. The topological polar surface area (TPSA) is 75.2 Å². The van der Waals surface area contributed by atoms with Crippen LogP contribution in [0.3, 0.4) is 0 Å². The molecule has 0 aromatic carbocycles. The van der Waals surface area contributed by atoms with E-state index in [1.807, 2.05) is 20.0 Å². The molecule has 0 amide bonds. The van der Waals surface area contributed by atoms with Crippen LogP contribution in [-0.2, 0) is 7.05 Å². The van der Waals surface area contributed by atoms with Crippen LogP contribution in [0.15, 0.2) is 18.2 Å². The summed E-state index contributed by atoms with van der Waals surface area (Å²) in [4.78, 5) is 4.28. The number of ether oxygens (including phenoxy) is 2. The van der Waals surface area contributed by atoms with Gasteiger partial charge in [0.05, 0.1) is 18.0 Å². The highest BCUT2D eigenvalue weighted by Crippen LogP contribution is 2.26. The monoisotopic (exact) mass is 276 g/mol. The number of nitrogens with zero attached hydrogens (tertiary/aromatic N) is 3. The molecule has 2 N–H and O–H groups in total. The van der Waals surface area contributed by atoms with Crippen LogP contribution in [-0.4, -0.2) is 21.4 Å². The third-order valence-electron chi connectivity index (χ3n) is 2.59. The zero-order chi connectivity index (χ0) is 14.7. The van der Waals surface area contributed by atoms with Gasteiger partial charge in [-0.1, -0.05) is 13.8 Å². The first kappa shape index (κ1) is 14.2. The summed E-state index contributed by atoms with van der Waals surface area (Å²) in [6, 6.07) is 5.27. The minimum atomic E-state index is 0.398. The van der Waals surface area contributed by atoms with Crippen LogP contribution in [0.4, 0.5) is 5.69 Å². The molecule has 0 bridgehead atoms. The largest absolute Gasteiger partial charge is 0.476 e. The molecule has 2 rings (SSSR count). The highest BCUT2D eigenvalue weighted by Gasteiger charge is 2.09. The number of rotatable bonds is 5. The molecule has 0 aliphatic rings. The summed E-state index contributed by atoms with van der Waals surface area (Å²) in [5.74, 6) is 1.85. The lowest BCUT2D eigenvalue weighted by Gasteiger charge is -2.11. The molecular weight excluding hydrogens is 256 g/mol. The highest BCUT2D eigenvalue weighted by molar-refractivity contribution is 5.49. The van der Waals surface area contributed by atoms with Gasteiger partial charge in [0.25, 0.3) is 0 Å². The van der Waals surface area contributed by atoms with Crippen LogP contribution in [0.1, 0.15) is 19.5 Å². The van der Waals surface area contributed by atoms with E-state index in [4.69, 9.17) is 15.2 Å². The smallest absolute Gasteiger partial charge is 0.240 e. The summed E-state index contributed by atoms with van der Waals surface area (Å²) in [7, 11) is 1.82.